The molecule has 0 unspecified atom stereocenters. The zero-order valence-corrected chi connectivity index (χ0v) is 8.56. The van der Waals surface area contributed by atoms with Crippen LogP contribution < -0.4 is 5.56 Å². The molecule has 0 bridgehead atoms. The first-order valence-corrected chi connectivity index (χ1v) is 4.63. The molecule has 0 saturated carbocycles. The molecule has 0 saturated heterocycles. The minimum atomic E-state index is -0.396. The molecule has 0 amide bonds. The Bertz CT molecular complexity index is 624. The van der Waals surface area contributed by atoms with Gasteiger partial charge in [0.1, 0.15) is 11.6 Å². The molecule has 0 fully saturated rings. The van der Waals surface area contributed by atoms with Crippen LogP contribution in [0.3, 0.4) is 0 Å². The van der Waals surface area contributed by atoms with Gasteiger partial charge in [-0.15, -0.1) is 0 Å². The number of H-pyrrole nitrogens is 1. The predicted molar refractivity (Wildman–Crippen MR) is 57.5 cm³/mol. The van der Waals surface area contributed by atoms with Gasteiger partial charge in [-0.2, -0.15) is 5.26 Å². The van der Waals surface area contributed by atoms with Crippen LogP contribution >= 0.6 is 0 Å². The molecule has 2 heterocycles. The highest BCUT2D eigenvalue weighted by atomic mass is 16.1. The summed E-state index contributed by atoms with van der Waals surface area (Å²) in [7, 11) is 0. The third kappa shape index (κ3) is 1.68. The standard InChI is InChI=1S/C11H8N4O/c1-7-10(14-3-2-13-7)9-4-8(5-12)11(16)15-6-9/h2-4,6H,1H3,(H,15,16). The van der Waals surface area contributed by atoms with E-state index in [2.05, 4.69) is 15.0 Å². The molecule has 0 aliphatic heterocycles. The summed E-state index contributed by atoms with van der Waals surface area (Å²) >= 11 is 0. The van der Waals surface area contributed by atoms with Crippen molar-refractivity contribution in [2.75, 3.05) is 0 Å². The monoisotopic (exact) mass is 212 g/mol. The Morgan fingerprint density at radius 1 is 1.38 bits per heavy atom. The Balaban J connectivity index is 2.63. The molecule has 0 aliphatic carbocycles. The van der Waals surface area contributed by atoms with Gasteiger partial charge in [0.25, 0.3) is 5.56 Å². The molecule has 0 aromatic carbocycles. The number of nitrogens with zero attached hydrogens (tertiary/aromatic N) is 3. The molecule has 5 heteroatoms. The van der Waals surface area contributed by atoms with E-state index in [4.69, 9.17) is 5.26 Å². The third-order valence-corrected chi connectivity index (χ3v) is 2.18. The van der Waals surface area contributed by atoms with Crippen LogP contribution in [0, 0.1) is 18.3 Å². The largest absolute Gasteiger partial charge is 0.327 e. The van der Waals surface area contributed by atoms with Crippen LogP contribution in [0.2, 0.25) is 0 Å². The predicted octanol–water partition coefficient (Wildman–Crippen LogP) is 1.01. The van der Waals surface area contributed by atoms with Gasteiger partial charge in [0.05, 0.1) is 11.4 Å². The fraction of sp³-hybridized carbons (Fsp3) is 0.0909. The number of hydrogen-bond acceptors (Lipinski definition) is 4. The number of hydrogen-bond donors (Lipinski definition) is 1. The Hall–Kier alpha value is -2.48. The average Bonchev–Trinajstić information content (AvgIpc) is 2.31. The normalized spacial score (nSPS) is 9.75. The summed E-state index contributed by atoms with van der Waals surface area (Å²) in [6.45, 7) is 1.82. The van der Waals surface area contributed by atoms with Gasteiger partial charge in [0.15, 0.2) is 0 Å². The van der Waals surface area contributed by atoms with Gasteiger partial charge in [0.2, 0.25) is 0 Å². The lowest BCUT2D eigenvalue weighted by Gasteiger charge is -2.02. The molecule has 16 heavy (non-hydrogen) atoms. The maximum atomic E-state index is 11.2. The van der Waals surface area contributed by atoms with Crippen molar-refractivity contribution in [2.24, 2.45) is 0 Å². The van der Waals surface area contributed by atoms with E-state index >= 15 is 0 Å². The number of aromatic amines is 1. The molecule has 5 nitrogen and oxygen atoms in total. The van der Waals surface area contributed by atoms with Crippen molar-refractivity contribution in [3.63, 3.8) is 0 Å². The van der Waals surface area contributed by atoms with Gasteiger partial charge < -0.3 is 4.98 Å². The third-order valence-electron chi connectivity index (χ3n) is 2.18. The second kappa shape index (κ2) is 3.95. The number of nitrogens with one attached hydrogen (secondary N) is 1. The van der Waals surface area contributed by atoms with E-state index in [-0.39, 0.29) is 5.56 Å². The minimum absolute atomic E-state index is 0.0718. The van der Waals surface area contributed by atoms with Gasteiger partial charge in [0, 0.05) is 24.2 Å². The maximum absolute atomic E-state index is 11.2. The van der Waals surface area contributed by atoms with Gasteiger partial charge in [-0.05, 0) is 13.0 Å². The highest BCUT2D eigenvalue weighted by Crippen LogP contribution is 2.17. The molecular formula is C11H8N4O. The van der Waals surface area contributed by atoms with Crippen LogP contribution in [0.25, 0.3) is 11.3 Å². The Labute approximate surface area is 91.4 Å². The zero-order chi connectivity index (χ0) is 11.5. The van der Waals surface area contributed by atoms with Crippen LogP contribution in [-0.4, -0.2) is 15.0 Å². The molecular weight excluding hydrogens is 204 g/mol. The summed E-state index contributed by atoms with van der Waals surface area (Å²) in [5, 5.41) is 8.75. The van der Waals surface area contributed by atoms with E-state index in [1.807, 2.05) is 13.0 Å². The number of nitriles is 1. The van der Waals surface area contributed by atoms with Crippen LogP contribution in [0.5, 0.6) is 0 Å². The van der Waals surface area contributed by atoms with Gasteiger partial charge in [-0.3, -0.25) is 14.8 Å². The minimum Gasteiger partial charge on any atom is -0.327 e. The Morgan fingerprint density at radius 2 is 2.12 bits per heavy atom. The fourth-order valence-corrected chi connectivity index (χ4v) is 1.39. The van der Waals surface area contributed by atoms with Crippen molar-refractivity contribution in [3.05, 3.63) is 46.3 Å². The number of aryl methyl sites for hydroxylation is 1. The summed E-state index contributed by atoms with van der Waals surface area (Å²) in [6, 6.07) is 3.34. The van der Waals surface area contributed by atoms with Crippen molar-refractivity contribution >= 4 is 0 Å². The smallest absolute Gasteiger partial charge is 0.265 e. The van der Waals surface area contributed by atoms with Crippen molar-refractivity contribution in [2.45, 2.75) is 6.92 Å². The van der Waals surface area contributed by atoms with Crippen molar-refractivity contribution in [1.29, 1.82) is 5.26 Å². The van der Waals surface area contributed by atoms with Crippen molar-refractivity contribution in [1.82, 2.24) is 15.0 Å². The number of pyridine rings is 1. The molecule has 0 atom stereocenters. The molecule has 0 spiro atoms. The average molecular weight is 212 g/mol. The SMILES string of the molecule is Cc1nccnc1-c1c[nH]c(=O)c(C#N)c1. The maximum Gasteiger partial charge on any atom is 0.265 e. The molecule has 2 rings (SSSR count). The highest BCUT2D eigenvalue weighted by molar-refractivity contribution is 5.61. The summed E-state index contributed by atoms with van der Waals surface area (Å²) in [6.07, 6.45) is 4.69. The highest BCUT2D eigenvalue weighted by Gasteiger charge is 2.06. The lowest BCUT2D eigenvalue weighted by molar-refractivity contribution is 1.11. The molecule has 0 radical (unpaired) electrons. The molecule has 2 aromatic heterocycles. The number of rotatable bonds is 1. The van der Waals surface area contributed by atoms with E-state index in [0.717, 1.165) is 5.69 Å². The first-order valence-electron chi connectivity index (χ1n) is 4.63. The molecule has 78 valence electrons. The summed E-state index contributed by atoms with van der Waals surface area (Å²) in [5.41, 5.74) is 1.77. The van der Waals surface area contributed by atoms with E-state index in [1.165, 1.54) is 12.3 Å². The fourth-order valence-electron chi connectivity index (χ4n) is 1.39. The van der Waals surface area contributed by atoms with E-state index in [9.17, 15) is 4.79 Å². The lowest BCUT2D eigenvalue weighted by atomic mass is 10.1. The molecule has 2 aromatic rings. The quantitative estimate of drug-likeness (QED) is 0.764. The summed E-state index contributed by atoms with van der Waals surface area (Å²) in [5.74, 6) is 0. The van der Waals surface area contributed by atoms with Crippen LogP contribution in [0.4, 0.5) is 0 Å². The Kier molecular flexibility index (Phi) is 2.48. The van der Waals surface area contributed by atoms with Gasteiger partial charge in [-0.25, -0.2) is 0 Å². The van der Waals surface area contributed by atoms with Gasteiger partial charge in [-0.1, -0.05) is 0 Å². The number of aromatic nitrogens is 3. The lowest BCUT2D eigenvalue weighted by Crippen LogP contribution is -2.09. The van der Waals surface area contributed by atoms with E-state index in [0.29, 0.717) is 11.3 Å². The summed E-state index contributed by atoms with van der Waals surface area (Å²) in [4.78, 5) is 22.0. The topological polar surface area (TPSA) is 82.4 Å². The van der Waals surface area contributed by atoms with Crippen LogP contribution in [0.1, 0.15) is 11.3 Å². The van der Waals surface area contributed by atoms with E-state index in [1.54, 1.807) is 12.4 Å². The second-order valence-electron chi connectivity index (χ2n) is 3.23. The second-order valence-corrected chi connectivity index (χ2v) is 3.23. The van der Waals surface area contributed by atoms with Gasteiger partial charge >= 0.3 is 0 Å². The van der Waals surface area contributed by atoms with E-state index < -0.39 is 5.56 Å². The Morgan fingerprint density at radius 3 is 2.81 bits per heavy atom. The van der Waals surface area contributed by atoms with Crippen molar-refractivity contribution in [3.8, 4) is 17.3 Å². The van der Waals surface area contributed by atoms with Crippen LogP contribution in [-0.2, 0) is 0 Å². The first kappa shape index (κ1) is 10.1. The summed E-state index contributed by atoms with van der Waals surface area (Å²) < 4.78 is 0. The first-order chi connectivity index (χ1) is 7.72. The zero-order valence-electron chi connectivity index (χ0n) is 8.56. The van der Waals surface area contributed by atoms with Crippen LogP contribution in [0.15, 0.2) is 29.5 Å². The molecule has 0 aliphatic rings. The van der Waals surface area contributed by atoms with Crippen molar-refractivity contribution < 1.29 is 0 Å². The molecule has 1 N–H and O–H groups in total.